The molecule has 0 radical (unpaired) electrons. The van der Waals surface area contributed by atoms with Crippen LogP contribution in [0.15, 0.2) is 34.9 Å². The summed E-state index contributed by atoms with van der Waals surface area (Å²) >= 11 is 0. The van der Waals surface area contributed by atoms with Crippen LogP contribution in [0.25, 0.3) is 0 Å². The van der Waals surface area contributed by atoms with Crippen molar-refractivity contribution in [2.24, 2.45) is 10.8 Å². The predicted molar refractivity (Wildman–Crippen MR) is 86.1 cm³/mol. The van der Waals surface area contributed by atoms with Gasteiger partial charge < -0.3 is 10.5 Å². The molecule has 116 valence electrons. The van der Waals surface area contributed by atoms with E-state index in [-0.39, 0.29) is 5.41 Å². The van der Waals surface area contributed by atoms with Crippen LogP contribution in [-0.2, 0) is 11.8 Å². The van der Waals surface area contributed by atoms with E-state index >= 15 is 0 Å². The number of fused-ring (bicyclic) bond motifs is 3. The minimum Gasteiger partial charge on any atom is -0.497 e. The fourth-order valence-electron chi connectivity index (χ4n) is 3.55. The SMILES string of the molecule is COc1ccc2c(c1)CCC1=C/C(=N\NC(N)=O)CCC12C. The molecule has 1 aromatic rings. The van der Waals surface area contributed by atoms with E-state index in [9.17, 15) is 4.79 Å². The number of ether oxygens (including phenoxy) is 1. The number of nitrogens with one attached hydrogen (secondary N) is 1. The van der Waals surface area contributed by atoms with Gasteiger partial charge in [-0.05, 0) is 55.0 Å². The highest BCUT2D eigenvalue weighted by Gasteiger charge is 2.38. The lowest BCUT2D eigenvalue weighted by molar-refractivity contribution is 0.249. The monoisotopic (exact) mass is 299 g/mol. The van der Waals surface area contributed by atoms with Gasteiger partial charge in [0, 0.05) is 5.41 Å². The Morgan fingerprint density at radius 3 is 2.91 bits per heavy atom. The summed E-state index contributed by atoms with van der Waals surface area (Å²) < 4.78 is 5.33. The number of hydrazone groups is 1. The molecule has 1 unspecified atom stereocenters. The molecule has 5 nitrogen and oxygen atoms in total. The van der Waals surface area contributed by atoms with Crippen molar-refractivity contribution >= 4 is 11.7 Å². The molecule has 0 bridgehead atoms. The lowest BCUT2D eigenvalue weighted by Crippen LogP contribution is -2.35. The first-order chi connectivity index (χ1) is 10.5. The van der Waals surface area contributed by atoms with E-state index in [0.29, 0.717) is 0 Å². The number of rotatable bonds is 2. The summed E-state index contributed by atoms with van der Waals surface area (Å²) in [6.07, 6.45) is 5.94. The van der Waals surface area contributed by atoms with Crippen LogP contribution in [0.4, 0.5) is 4.79 Å². The molecule has 0 heterocycles. The van der Waals surface area contributed by atoms with Crippen molar-refractivity contribution in [3.8, 4) is 5.75 Å². The van der Waals surface area contributed by atoms with Gasteiger partial charge in [-0.15, -0.1) is 0 Å². The number of amides is 2. The quantitative estimate of drug-likeness (QED) is 0.824. The van der Waals surface area contributed by atoms with Gasteiger partial charge in [0.25, 0.3) is 0 Å². The number of hydrogen-bond acceptors (Lipinski definition) is 3. The molecule has 3 N–H and O–H groups in total. The number of aryl methyl sites for hydroxylation is 1. The third-order valence-electron chi connectivity index (χ3n) is 4.81. The maximum absolute atomic E-state index is 10.8. The molecule has 2 aliphatic rings. The van der Waals surface area contributed by atoms with Crippen LogP contribution in [0.2, 0.25) is 0 Å². The lowest BCUT2D eigenvalue weighted by atomic mass is 9.63. The van der Waals surface area contributed by atoms with Crippen LogP contribution >= 0.6 is 0 Å². The maximum Gasteiger partial charge on any atom is 0.332 e. The van der Waals surface area contributed by atoms with Crippen LogP contribution in [0, 0.1) is 0 Å². The normalized spacial score (nSPS) is 25.0. The summed E-state index contributed by atoms with van der Waals surface area (Å²) in [5, 5.41) is 4.08. The first-order valence-electron chi connectivity index (χ1n) is 7.53. The minimum absolute atomic E-state index is 0.0472. The summed E-state index contributed by atoms with van der Waals surface area (Å²) in [5.74, 6) is 0.915. The number of primary amides is 1. The molecule has 2 aliphatic carbocycles. The van der Waals surface area contributed by atoms with Gasteiger partial charge >= 0.3 is 6.03 Å². The van der Waals surface area contributed by atoms with E-state index in [4.69, 9.17) is 10.5 Å². The maximum atomic E-state index is 10.8. The van der Waals surface area contributed by atoms with Gasteiger partial charge in [-0.3, -0.25) is 0 Å². The van der Waals surface area contributed by atoms with Gasteiger partial charge in [0.15, 0.2) is 0 Å². The third-order valence-corrected chi connectivity index (χ3v) is 4.81. The van der Waals surface area contributed by atoms with Gasteiger partial charge in [0.1, 0.15) is 5.75 Å². The van der Waals surface area contributed by atoms with E-state index in [2.05, 4.69) is 35.7 Å². The molecule has 0 fully saturated rings. The second kappa shape index (κ2) is 5.48. The zero-order chi connectivity index (χ0) is 15.7. The Hall–Kier alpha value is -2.30. The summed E-state index contributed by atoms with van der Waals surface area (Å²) in [6, 6.07) is 5.74. The van der Waals surface area contributed by atoms with Crippen LogP contribution in [0.1, 0.15) is 37.3 Å². The smallest absolute Gasteiger partial charge is 0.332 e. The van der Waals surface area contributed by atoms with E-state index in [0.717, 1.165) is 37.1 Å². The Morgan fingerprint density at radius 2 is 2.18 bits per heavy atom. The summed E-state index contributed by atoms with van der Waals surface area (Å²) in [5.41, 5.74) is 12.5. The molecule has 3 rings (SSSR count). The molecular formula is C17H21N3O2. The first-order valence-corrected chi connectivity index (χ1v) is 7.53. The van der Waals surface area contributed by atoms with Crippen LogP contribution < -0.4 is 15.9 Å². The number of urea groups is 1. The minimum atomic E-state index is -0.625. The zero-order valence-electron chi connectivity index (χ0n) is 13.0. The van der Waals surface area contributed by atoms with Crippen LogP contribution in [0.3, 0.4) is 0 Å². The highest BCUT2D eigenvalue weighted by atomic mass is 16.5. The topological polar surface area (TPSA) is 76.7 Å². The van der Waals surface area contributed by atoms with E-state index < -0.39 is 6.03 Å². The van der Waals surface area contributed by atoms with Crippen molar-refractivity contribution < 1.29 is 9.53 Å². The Labute approximate surface area is 130 Å². The number of carbonyl (C=O) groups is 1. The molecule has 5 heteroatoms. The van der Waals surface area contributed by atoms with Crippen molar-refractivity contribution in [3.05, 3.63) is 41.0 Å². The van der Waals surface area contributed by atoms with Gasteiger partial charge in [0.05, 0.1) is 12.8 Å². The predicted octanol–water partition coefficient (Wildman–Crippen LogP) is 2.64. The van der Waals surface area contributed by atoms with E-state index in [1.807, 2.05) is 6.07 Å². The summed E-state index contributed by atoms with van der Waals surface area (Å²) in [6.45, 7) is 2.29. The number of benzene rings is 1. The molecule has 0 saturated heterocycles. The second-order valence-electron chi connectivity index (χ2n) is 6.10. The van der Waals surface area contributed by atoms with Gasteiger partial charge in [-0.2, -0.15) is 5.10 Å². The van der Waals surface area contributed by atoms with Gasteiger partial charge in [-0.1, -0.05) is 18.6 Å². The van der Waals surface area contributed by atoms with E-state index in [1.165, 1.54) is 16.7 Å². The molecule has 0 spiro atoms. The van der Waals surface area contributed by atoms with Gasteiger partial charge in [-0.25, -0.2) is 10.2 Å². The highest BCUT2D eigenvalue weighted by molar-refractivity contribution is 5.97. The molecule has 0 saturated carbocycles. The summed E-state index contributed by atoms with van der Waals surface area (Å²) in [7, 11) is 1.70. The van der Waals surface area contributed by atoms with Crippen LogP contribution in [0.5, 0.6) is 5.75 Å². The molecule has 1 atom stereocenters. The number of allylic oxidation sites excluding steroid dienone is 2. The Balaban J connectivity index is 1.96. The number of nitrogens with two attached hydrogens (primary N) is 1. The molecule has 0 aromatic heterocycles. The zero-order valence-corrected chi connectivity index (χ0v) is 13.0. The third kappa shape index (κ3) is 2.47. The van der Waals surface area contributed by atoms with E-state index in [1.54, 1.807) is 7.11 Å². The Bertz CT molecular complexity index is 678. The summed E-state index contributed by atoms with van der Waals surface area (Å²) in [4.78, 5) is 10.8. The molecule has 2 amide bonds. The fraction of sp³-hybridized carbons (Fsp3) is 0.412. The molecule has 22 heavy (non-hydrogen) atoms. The van der Waals surface area contributed by atoms with Gasteiger partial charge in [0.2, 0.25) is 0 Å². The standard InChI is InChI=1S/C17H21N3O2/c1-17-8-7-13(19-20-16(18)21)10-12(17)4-3-11-9-14(22-2)5-6-15(11)17/h5-6,9-10H,3-4,7-8H2,1-2H3,(H3,18,20,21)/b19-13-. The van der Waals surface area contributed by atoms with Crippen molar-refractivity contribution in [3.63, 3.8) is 0 Å². The first kappa shape index (κ1) is 14.6. The Kier molecular flexibility index (Phi) is 3.64. The average Bonchev–Trinajstić information content (AvgIpc) is 2.52. The van der Waals surface area contributed by atoms with Crippen molar-refractivity contribution in [1.29, 1.82) is 0 Å². The lowest BCUT2D eigenvalue weighted by Gasteiger charge is -2.41. The van der Waals surface area contributed by atoms with Crippen molar-refractivity contribution in [2.45, 2.75) is 38.0 Å². The van der Waals surface area contributed by atoms with Crippen molar-refractivity contribution in [2.75, 3.05) is 7.11 Å². The number of methoxy groups -OCH3 is 1. The average molecular weight is 299 g/mol. The molecule has 0 aliphatic heterocycles. The highest BCUT2D eigenvalue weighted by Crippen LogP contribution is 2.47. The second-order valence-corrected chi connectivity index (χ2v) is 6.10. The largest absolute Gasteiger partial charge is 0.497 e. The molecular weight excluding hydrogens is 278 g/mol. The number of nitrogens with zero attached hydrogens (tertiary/aromatic N) is 1. The fourth-order valence-corrected chi connectivity index (χ4v) is 3.55. The Morgan fingerprint density at radius 1 is 1.36 bits per heavy atom. The van der Waals surface area contributed by atoms with Crippen molar-refractivity contribution in [1.82, 2.24) is 5.43 Å². The van der Waals surface area contributed by atoms with Crippen LogP contribution in [-0.4, -0.2) is 18.9 Å². The number of carbonyl (C=O) groups excluding carboxylic acids is 1. The number of hydrogen-bond donors (Lipinski definition) is 2. The molecule has 1 aromatic carbocycles.